The SMILES string of the molecule is COc1ccc2cc([C@]3(C)NC(=O)N(CC(=O)N4CCN(S(=O)(=O)c5c(C)noc5C)CC4)C3=O)ccc2c1. The lowest BCUT2D eigenvalue weighted by molar-refractivity contribution is -0.139. The third kappa shape index (κ3) is 4.51. The molecule has 39 heavy (non-hydrogen) atoms. The smallest absolute Gasteiger partial charge is 0.325 e. The van der Waals surface area contributed by atoms with Gasteiger partial charge in [0.05, 0.1) is 7.11 Å². The number of hydrogen-bond acceptors (Lipinski definition) is 8. The number of hydrogen-bond donors (Lipinski definition) is 1. The Morgan fingerprint density at radius 1 is 1.08 bits per heavy atom. The summed E-state index contributed by atoms with van der Waals surface area (Å²) < 4.78 is 37.7. The number of benzene rings is 2. The number of carbonyl (C=O) groups is 3. The molecule has 0 unspecified atom stereocenters. The summed E-state index contributed by atoms with van der Waals surface area (Å²) in [6.07, 6.45) is 0. The van der Waals surface area contributed by atoms with Gasteiger partial charge >= 0.3 is 6.03 Å². The van der Waals surface area contributed by atoms with Crippen molar-refractivity contribution in [1.29, 1.82) is 0 Å². The number of ether oxygens (including phenoxy) is 1. The molecule has 2 aliphatic heterocycles. The van der Waals surface area contributed by atoms with Crippen LogP contribution in [0.15, 0.2) is 45.8 Å². The van der Waals surface area contributed by atoms with E-state index >= 15 is 0 Å². The van der Waals surface area contributed by atoms with Crippen LogP contribution in [-0.2, 0) is 25.2 Å². The molecule has 1 N–H and O–H groups in total. The van der Waals surface area contributed by atoms with Crippen molar-refractivity contribution in [3.8, 4) is 5.75 Å². The number of piperazine rings is 1. The molecule has 5 rings (SSSR count). The zero-order chi connectivity index (χ0) is 28.1. The van der Waals surface area contributed by atoms with E-state index in [0.29, 0.717) is 11.3 Å². The Hall–Kier alpha value is -3.97. The van der Waals surface area contributed by atoms with Gasteiger partial charge < -0.3 is 19.5 Å². The molecule has 0 saturated carbocycles. The average Bonchev–Trinajstić information content (AvgIpc) is 3.38. The average molecular weight is 556 g/mol. The third-order valence-electron chi connectivity index (χ3n) is 7.35. The predicted molar refractivity (Wildman–Crippen MR) is 139 cm³/mol. The summed E-state index contributed by atoms with van der Waals surface area (Å²) in [5.74, 6) is -0.0617. The lowest BCUT2D eigenvalue weighted by Gasteiger charge is -2.34. The van der Waals surface area contributed by atoms with Crippen LogP contribution >= 0.6 is 0 Å². The minimum absolute atomic E-state index is 0.0359. The second-order valence-electron chi connectivity index (χ2n) is 9.81. The van der Waals surface area contributed by atoms with Gasteiger partial charge in [-0.05, 0) is 55.3 Å². The lowest BCUT2D eigenvalue weighted by Crippen LogP contribution is -2.53. The molecule has 4 amide bonds. The van der Waals surface area contributed by atoms with Gasteiger partial charge in [0.1, 0.15) is 28.4 Å². The highest BCUT2D eigenvalue weighted by Gasteiger charge is 2.50. The Bertz CT molecular complexity index is 1570. The van der Waals surface area contributed by atoms with E-state index in [1.807, 2.05) is 30.3 Å². The van der Waals surface area contributed by atoms with Gasteiger partial charge in [-0.25, -0.2) is 13.2 Å². The second kappa shape index (κ2) is 9.65. The number of rotatable bonds is 6. The van der Waals surface area contributed by atoms with Crippen LogP contribution in [-0.4, -0.2) is 85.4 Å². The van der Waals surface area contributed by atoms with Crippen molar-refractivity contribution in [2.45, 2.75) is 31.2 Å². The predicted octanol–water partition coefficient (Wildman–Crippen LogP) is 1.75. The number of nitrogens with one attached hydrogen (secondary N) is 1. The number of fused-ring (bicyclic) bond motifs is 1. The maximum atomic E-state index is 13.4. The monoisotopic (exact) mass is 555 g/mol. The molecular formula is C26H29N5O7S. The fourth-order valence-corrected chi connectivity index (χ4v) is 6.80. The number of carbonyl (C=O) groups excluding carboxylic acids is 3. The Kier molecular flexibility index (Phi) is 6.59. The summed E-state index contributed by atoms with van der Waals surface area (Å²) >= 11 is 0. The summed E-state index contributed by atoms with van der Waals surface area (Å²) in [6, 6.07) is 10.3. The van der Waals surface area contributed by atoms with Crippen molar-refractivity contribution < 1.29 is 32.1 Å². The summed E-state index contributed by atoms with van der Waals surface area (Å²) in [6.45, 7) is 4.64. The van der Waals surface area contributed by atoms with E-state index in [1.54, 1.807) is 27.0 Å². The molecule has 0 aliphatic carbocycles. The van der Waals surface area contributed by atoms with E-state index < -0.39 is 40.0 Å². The number of aryl methyl sites for hydroxylation is 2. The molecule has 3 aromatic rings. The van der Waals surface area contributed by atoms with Crippen molar-refractivity contribution in [2.75, 3.05) is 39.8 Å². The molecule has 2 fully saturated rings. The van der Waals surface area contributed by atoms with Gasteiger partial charge in [-0.1, -0.05) is 23.4 Å². The van der Waals surface area contributed by atoms with Crippen LogP contribution in [0.4, 0.5) is 4.79 Å². The van der Waals surface area contributed by atoms with Crippen LogP contribution in [0.3, 0.4) is 0 Å². The van der Waals surface area contributed by atoms with Gasteiger partial charge in [-0.2, -0.15) is 4.31 Å². The molecule has 13 heteroatoms. The second-order valence-corrected chi connectivity index (χ2v) is 11.7. The topological polar surface area (TPSA) is 142 Å². The van der Waals surface area contributed by atoms with E-state index in [-0.39, 0.29) is 42.5 Å². The van der Waals surface area contributed by atoms with Crippen LogP contribution in [0.25, 0.3) is 10.8 Å². The van der Waals surface area contributed by atoms with Gasteiger partial charge in [0.15, 0.2) is 5.76 Å². The first-order valence-electron chi connectivity index (χ1n) is 12.4. The zero-order valence-corrected chi connectivity index (χ0v) is 22.9. The normalized spacial score (nSPS) is 20.5. The summed E-state index contributed by atoms with van der Waals surface area (Å²) in [5.41, 5.74) is -0.475. The highest BCUT2D eigenvalue weighted by Crippen LogP contribution is 2.32. The van der Waals surface area contributed by atoms with Crippen LogP contribution in [0.5, 0.6) is 5.75 Å². The number of amides is 4. The van der Waals surface area contributed by atoms with Crippen LogP contribution < -0.4 is 10.1 Å². The standard InChI is InChI=1S/C26H29N5O7S/c1-16-23(17(2)38-28-16)39(35,36)30-11-9-29(10-12-30)22(32)15-31-24(33)26(3,27-25(31)34)20-7-5-19-14-21(37-4)8-6-18(19)13-20/h5-8,13-14H,9-12,15H2,1-4H3,(H,27,34)/t26-/m0/s1. The summed E-state index contributed by atoms with van der Waals surface area (Å²) in [7, 11) is -2.25. The number of urea groups is 1. The van der Waals surface area contributed by atoms with E-state index in [0.717, 1.165) is 15.7 Å². The molecule has 0 spiro atoms. The number of aromatic nitrogens is 1. The minimum Gasteiger partial charge on any atom is -0.497 e. The largest absolute Gasteiger partial charge is 0.497 e. The molecule has 2 aliphatic rings. The maximum absolute atomic E-state index is 13.4. The Morgan fingerprint density at radius 2 is 1.74 bits per heavy atom. The van der Waals surface area contributed by atoms with Gasteiger partial charge in [-0.3, -0.25) is 14.5 Å². The fraction of sp³-hybridized carbons (Fsp3) is 0.385. The number of methoxy groups -OCH3 is 1. The molecule has 0 radical (unpaired) electrons. The third-order valence-corrected chi connectivity index (χ3v) is 9.49. The highest BCUT2D eigenvalue weighted by molar-refractivity contribution is 7.89. The molecule has 2 aromatic carbocycles. The molecule has 1 aromatic heterocycles. The van der Waals surface area contributed by atoms with Gasteiger partial charge in [0, 0.05) is 26.2 Å². The van der Waals surface area contributed by atoms with Gasteiger partial charge in [0.2, 0.25) is 15.9 Å². The van der Waals surface area contributed by atoms with Crippen molar-refractivity contribution in [2.24, 2.45) is 0 Å². The van der Waals surface area contributed by atoms with Gasteiger partial charge in [0.25, 0.3) is 5.91 Å². The molecule has 3 heterocycles. The van der Waals surface area contributed by atoms with Crippen LogP contribution in [0.2, 0.25) is 0 Å². The number of nitrogens with zero attached hydrogens (tertiary/aromatic N) is 4. The van der Waals surface area contributed by atoms with Crippen molar-refractivity contribution >= 4 is 38.6 Å². The first-order valence-corrected chi connectivity index (χ1v) is 13.8. The Balaban J connectivity index is 1.26. The maximum Gasteiger partial charge on any atom is 0.325 e. The quantitative estimate of drug-likeness (QED) is 0.454. The van der Waals surface area contributed by atoms with Crippen molar-refractivity contribution in [1.82, 2.24) is 24.6 Å². The van der Waals surface area contributed by atoms with E-state index in [9.17, 15) is 22.8 Å². The summed E-state index contributed by atoms with van der Waals surface area (Å²) in [4.78, 5) is 41.7. The lowest BCUT2D eigenvalue weighted by atomic mass is 9.90. The Labute approximate surface area is 225 Å². The Morgan fingerprint density at radius 3 is 2.38 bits per heavy atom. The molecule has 206 valence electrons. The van der Waals surface area contributed by atoms with Crippen molar-refractivity contribution in [3.05, 3.63) is 53.4 Å². The molecular weight excluding hydrogens is 526 g/mol. The molecule has 12 nitrogen and oxygen atoms in total. The zero-order valence-electron chi connectivity index (χ0n) is 22.1. The fourth-order valence-electron chi connectivity index (χ4n) is 5.08. The van der Waals surface area contributed by atoms with E-state index in [1.165, 1.54) is 16.1 Å². The number of sulfonamides is 1. The van der Waals surface area contributed by atoms with Crippen LogP contribution in [0.1, 0.15) is 23.9 Å². The first-order chi connectivity index (χ1) is 18.5. The van der Waals surface area contributed by atoms with E-state index in [4.69, 9.17) is 9.26 Å². The molecule has 2 saturated heterocycles. The highest BCUT2D eigenvalue weighted by atomic mass is 32.2. The summed E-state index contributed by atoms with van der Waals surface area (Å²) in [5, 5.41) is 8.24. The molecule has 1 atom stereocenters. The van der Waals surface area contributed by atoms with E-state index in [2.05, 4.69) is 10.5 Å². The number of imide groups is 1. The first kappa shape index (κ1) is 26.6. The minimum atomic E-state index is -3.83. The van der Waals surface area contributed by atoms with Crippen LogP contribution in [0, 0.1) is 13.8 Å². The van der Waals surface area contributed by atoms with Crippen molar-refractivity contribution in [3.63, 3.8) is 0 Å². The molecule has 0 bridgehead atoms. The van der Waals surface area contributed by atoms with Gasteiger partial charge in [-0.15, -0.1) is 0 Å².